The van der Waals surface area contributed by atoms with Crippen molar-refractivity contribution in [2.75, 3.05) is 17.2 Å². The van der Waals surface area contributed by atoms with Crippen molar-refractivity contribution >= 4 is 23.4 Å². The number of imidazole rings is 1. The van der Waals surface area contributed by atoms with Crippen molar-refractivity contribution in [3.63, 3.8) is 0 Å². The van der Waals surface area contributed by atoms with Gasteiger partial charge in [-0.3, -0.25) is 10.1 Å². The Morgan fingerprint density at radius 3 is 2.28 bits per heavy atom. The number of aryl methyl sites for hydroxylation is 1. The highest BCUT2D eigenvalue weighted by Gasteiger charge is 2.31. The first-order valence-electron chi connectivity index (χ1n) is 9.22. The van der Waals surface area contributed by atoms with Crippen LogP contribution in [0.5, 0.6) is 5.75 Å². The number of nitrogens with zero attached hydrogens (tertiary/aromatic N) is 2. The molecule has 0 aliphatic rings. The van der Waals surface area contributed by atoms with E-state index in [1.54, 1.807) is 5.32 Å². The van der Waals surface area contributed by atoms with Crippen LogP contribution in [0.4, 0.5) is 42.6 Å². The summed E-state index contributed by atoms with van der Waals surface area (Å²) in [5.74, 6) is -1.96. The Morgan fingerprint density at radius 1 is 1.06 bits per heavy atom. The smallest absolute Gasteiger partial charge is 0.406 e. The number of urea groups is 1. The highest BCUT2D eigenvalue weighted by atomic mass is 19.4. The molecule has 1 heterocycles. The van der Waals surface area contributed by atoms with Crippen molar-refractivity contribution in [2.24, 2.45) is 0 Å². The number of hydrogen-bond acceptors (Lipinski definition) is 4. The average molecular weight is 467 g/mol. The first-order chi connectivity index (χ1) is 14.9. The molecular weight excluding hydrogens is 448 g/mol. The summed E-state index contributed by atoms with van der Waals surface area (Å²) in [7, 11) is 0. The van der Waals surface area contributed by atoms with Crippen molar-refractivity contribution in [1.29, 1.82) is 0 Å². The van der Waals surface area contributed by atoms with Crippen LogP contribution in [0.15, 0.2) is 30.5 Å². The van der Waals surface area contributed by atoms with Crippen LogP contribution in [-0.2, 0) is 6.54 Å². The number of carbonyl (C=O) groups is 2. The highest BCUT2D eigenvalue weighted by molar-refractivity contribution is 5.99. The number of carbonyl (C=O) groups excluding carboxylic acids is 2. The van der Waals surface area contributed by atoms with E-state index in [1.807, 2.05) is 6.92 Å². The molecule has 0 saturated heterocycles. The fourth-order valence-corrected chi connectivity index (χ4v) is 2.43. The molecular formula is C18H19F6N5O3. The van der Waals surface area contributed by atoms with Crippen LogP contribution in [0.1, 0.15) is 30.4 Å². The van der Waals surface area contributed by atoms with Gasteiger partial charge in [-0.05, 0) is 30.7 Å². The summed E-state index contributed by atoms with van der Waals surface area (Å²) in [4.78, 5) is 28.1. The Morgan fingerprint density at radius 2 is 1.72 bits per heavy atom. The molecule has 0 aliphatic carbocycles. The topological polar surface area (TPSA) is 97.3 Å². The van der Waals surface area contributed by atoms with Gasteiger partial charge in [-0.1, -0.05) is 13.3 Å². The Hall–Kier alpha value is -3.45. The lowest BCUT2D eigenvalue weighted by Gasteiger charge is -2.10. The summed E-state index contributed by atoms with van der Waals surface area (Å²) < 4.78 is 78.6. The summed E-state index contributed by atoms with van der Waals surface area (Å²) in [5.41, 5.74) is 0.130. The van der Waals surface area contributed by atoms with Crippen molar-refractivity contribution < 1.29 is 40.7 Å². The van der Waals surface area contributed by atoms with E-state index in [-0.39, 0.29) is 23.9 Å². The quantitative estimate of drug-likeness (QED) is 0.498. The molecule has 0 spiro atoms. The fourth-order valence-electron chi connectivity index (χ4n) is 2.43. The standard InChI is InChI=1S/C18H19F6N5O3/c1-2-3-8-29-9-13(27-14(29)15(30)25-10-17(19,20)21)28-16(31)26-11-4-6-12(7-5-11)32-18(22,23)24/h4-7,9H,2-3,8,10H2,1H3,(H,25,30)(H2,26,28,31). The summed E-state index contributed by atoms with van der Waals surface area (Å²) in [6, 6.07) is 3.47. The zero-order chi connectivity index (χ0) is 23.9. The van der Waals surface area contributed by atoms with Gasteiger partial charge in [-0.25, -0.2) is 9.78 Å². The van der Waals surface area contributed by atoms with Gasteiger partial charge in [0.25, 0.3) is 5.91 Å². The monoisotopic (exact) mass is 467 g/mol. The first-order valence-corrected chi connectivity index (χ1v) is 9.22. The van der Waals surface area contributed by atoms with Gasteiger partial charge >= 0.3 is 18.6 Å². The molecule has 2 aromatic rings. The van der Waals surface area contributed by atoms with Gasteiger partial charge in [-0.15, -0.1) is 13.2 Å². The number of alkyl halides is 6. The fraction of sp³-hybridized carbons (Fsp3) is 0.389. The SMILES string of the molecule is CCCCn1cc(NC(=O)Nc2ccc(OC(F)(F)F)cc2)nc1C(=O)NCC(F)(F)F. The van der Waals surface area contributed by atoms with E-state index in [2.05, 4.69) is 20.4 Å². The number of halogens is 6. The molecule has 32 heavy (non-hydrogen) atoms. The van der Waals surface area contributed by atoms with E-state index in [1.165, 1.54) is 10.8 Å². The van der Waals surface area contributed by atoms with Gasteiger partial charge in [-0.2, -0.15) is 13.2 Å². The third-order valence-corrected chi connectivity index (χ3v) is 3.77. The molecule has 3 amide bonds. The van der Waals surface area contributed by atoms with Crippen molar-refractivity contribution in [3.8, 4) is 5.75 Å². The summed E-state index contributed by atoms with van der Waals surface area (Å²) in [6.45, 7) is 0.615. The van der Waals surface area contributed by atoms with Crippen LogP contribution in [0.2, 0.25) is 0 Å². The molecule has 8 nitrogen and oxygen atoms in total. The van der Waals surface area contributed by atoms with Crippen LogP contribution >= 0.6 is 0 Å². The van der Waals surface area contributed by atoms with Gasteiger partial charge in [0, 0.05) is 18.4 Å². The maximum atomic E-state index is 12.4. The lowest BCUT2D eigenvalue weighted by molar-refractivity contribution is -0.274. The van der Waals surface area contributed by atoms with Gasteiger partial charge in [0.1, 0.15) is 12.3 Å². The minimum atomic E-state index is -4.85. The van der Waals surface area contributed by atoms with Crippen LogP contribution in [0, 0.1) is 0 Å². The largest absolute Gasteiger partial charge is 0.573 e. The molecule has 0 atom stereocenters. The van der Waals surface area contributed by atoms with Gasteiger partial charge in [0.2, 0.25) is 5.82 Å². The molecule has 0 bridgehead atoms. The minimum Gasteiger partial charge on any atom is -0.406 e. The molecule has 0 unspecified atom stereocenters. The maximum Gasteiger partial charge on any atom is 0.573 e. The van der Waals surface area contributed by atoms with E-state index in [0.29, 0.717) is 6.42 Å². The van der Waals surface area contributed by atoms with Crippen LogP contribution in [0.25, 0.3) is 0 Å². The molecule has 1 aromatic heterocycles. The summed E-state index contributed by atoms with van der Waals surface area (Å²) in [6.07, 6.45) is -6.82. The number of amides is 3. The second-order valence-corrected chi connectivity index (χ2v) is 6.45. The van der Waals surface area contributed by atoms with Gasteiger partial charge < -0.3 is 19.9 Å². The highest BCUT2D eigenvalue weighted by Crippen LogP contribution is 2.24. The maximum absolute atomic E-state index is 12.4. The number of benzene rings is 1. The number of nitrogens with one attached hydrogen (secondary N) is 3. The average Bonchev–Trinajstić information content (AvgIpc) is 3.06. The Bertz CT molecular complexity index is 925. The number of aromatic nitrogens is 2. The molecule has 1 aromatic carbocycles. The van der Waals surface area contributed by atoms with Gasteiger partial charge in [0.15, 0.2) is 5.82 Å². The molecule has 0 saturated carbocycles. The van der Waals surface area contributed by atoms with Crippen LogP contribution in [-0.4, -0.2) is 40.6 Å². The molecule has 0 radical (unpaired) electrons. The third kappa shape index (κ3) is 8.35. The molecule has 0 fully saturated rings. The van der Waals surface area contributed by atoms with E-state index < -0.39 is 36.8 Å². The Labute approximate surface area is 177 Å². The predicted octanol–water partition coefficient (Wildman–Crippen LogP) is 4.52. The third-order valence-electron chi connectivity index (χ3n) is 3.77. The van der Waals surface area contributed by atoms with Crippen molar-refractivity contribution in [2.45, 2.75) is 38.8 Å². The lowest BCUT2D eigenvalue weighted by Crippen LogP contribution is -2.35. The zero-order valence-corrected chi connectivity index (χ0v) is 16.6. The van der Waals surface area contributed by atoms with E-state index >= 15 is 0 Å². The number of ether oxygens (including phenoxy) is 1. The predicted molar refractivity (Wildman–Crippen MR) is 101 cm³/mol. The van der Waals surface area contributed by atoms with Gasteiger partial charge in [0.05, 0.1) is 0 Å². The van der Waals surface area contributed by atoms with Crippen LogP contribution < -0.4 is 20.7 Å². The molecule has 14 heteroatoms. The molecule has 2 rings (SSSR count). The second kappa shape index (κ2) is 10.2. The van der Waals surface area contributed by atoms with Crippen molar-refractivity contribution in [3.05, 3.63) is 36.3 Å². The summed E-state index contributed by atoms with van der Waals surface area (Å²) in [5, 5.41) is 6.37. The van der Waals surface area contributed by atoms with E-state index in [4.69, 9.17) is 0 Å². The van der Waals surface area contributed by atoms with E-state index in [0.717, 1.165) is 30.7 Å². The number of rotatable bonds is 8. The van der Waals surface area contributed by atoms with Crippen molar-refractivity contribution in [1.82, 2.24) is 14.9 Å². The first kappa shape index (κ1) is 24.8. The Balaban J connectivity index is 2.05. The number of hydrogen-bond donors (Lipinski definition) is 3. The lowest BCUT2D eigenvalue weighted by atomic mass is 10.3. The van der Waals surface area contributed by atoms with E-state index in [9.17, 15) is 35.9 Å². The number of unbranched alkanes of at least 4 members (excludes halogenated alkanes) is 1. The minimum absolute atomic E-state index is 0.104. The molecule has 3 N–H and O–H groups in total. The molecule has 176 valence electrons. The number of anilines is 2. The summed E-state index contributed by atoms with van der Waals surface area (Å²) >= 11 is 0. The second-order valence-electron chi connectivity index (χ2n) is 6.45. The van der Waals surface area contributed by atoms with Crippen LogP contribution in [0.3, 0.4) is 0 Å². The molecule has 0 aliphatic heterocycles. The zero-order valence-electron chi connectivity index (χ0n) is 16.6. The Kier molecular flexibility index (Phi) is 7.94. The normalized spacial score (nSPS) is 11.7.